The van der Waals surface area contributed by atoms with Crippen molar-refractivity contribution in [2.24, 2.45) is 0 Å². The van der Waals surface area contributed by atoms with E-state index in [-0.39, 0.29) is 5.56 Å². The van der Waals surface area contributed by atoms with Crippen LogP contribution in [0, 0.1) is 6.92 Å². The molecule has 0 unspecified atom stereocenters. The number of H-pyrrole nitrogens is 1. The third-order valence-electron chi connectivity index (χ3n) is 5.48. The molecule has 4 heterocycles. The summed E-state index contributed by atoms with van der Waals surface area (Å²) in [7, 11) is 0. The molecule has 30 heavy (non-hydrogen) atoms. The lowest BCUT2D eigenvalue weighted by molar-refractivity contribution is 0.241. The van der Waals surface area contributed by atoms with Crippen LogP contribution in [-0.4, -0.2) is 26.4 Å². The lowest BCUT2D eigenvalue weighted by atomic mass is 10.1. The van der Waals surface area contributed by atoms with Crippen LogP contribution in [0.2, 0.25) is 0 Å². The molecule has 1 aliphatic heterocycles. The normalized spacial score (nSPS) is 13.9. The van der Waals surface area contributed by atoms with Crippen molar-refractivity contribution in [1.29, 1.82) is 0 Å². The summed E-state index contributed by atoms with van der Waals surface area (Å²) in [6, 6.07) is 16.6. The molecule has 1 N–H and O–H groups in total. The Morgan fingerprint density at radius 2 is 2.00 bits per heavy atom. The number of rotatable bonds is 4. The zero-order chi connectivity index (χ0) is 20.5. The van der Waals surface area contributed by atoms with Crippen LogP contribution in [0.15, 0.2) is 64.9 Å². The van der Waals surface area contributed by atoms with Crippen LogP contribution in [0.4, 0.5) is 0 Å². The summed E-state index contributed by atoms with van der Waals surface area (Å²) in [6.45, 7) is 4.35. The number of benzene rings is 1. The average Bonchev–Trinajstić information content (AvgIpc) is 3.30. The van der Waals surface area contributed by atoms with Gasteiger partial charge in [-0.15, -0.1) is 11.3 Å². The molecule has 3 aromatic heterocycles. The fourth-order valence-corrected chi connectivity index (χ4v) is 4.49. The van der Waals surface area contributed by atoms with E-state index < -0.39 is 0 Å². The van der Waals surface area contributed by atoms with Crippen molar-refractivity contribution in [3.05, 3.63) is 92.8 Å². The van der Waals surface area contributed by atoms with Crippen molar-refractivity contribution in [2.75, 3.05) is 6.54 Å². The molecule has 0 saturated heterocycles. The van der Waals surface area contributed by atoms with E-state index in [1.165, 1.54) is 5.56 Å². The van der Waals surface area contributed by atoms with Gasteiger partial charge < -0.3 is 4.98 Å². The van der Waals surface area contributed by atoms with E-state index >= 15 is 0 Å². The molecule has 0 radical (unpaired) electrons. The van der Waals surface area contributed by atoms with Gasteiger partial charge in [-0.05, 0) is 30.0 Å². The van der Waals surface area contributed by atoms with Crippen molar-refractivity contribution in [3.8, 4) is 22.0 Å². The van der Waals surface area contributed by atoms with E-state index in [9.17, 15) is 4.79 Å². The summed E-state index contributed by atoms with van der Waals surface area (Å²) in [5, 5.41) is 1.99. The molecule has 6 heteroatoms. The molecule has 0 spiro atoms. The molecule has 1 aromatic carbocycles. The first kappa shape index (κ1) is 18.9. The molecule has 150 valence electrons. The summed E-state index contributed by atoms with van der Waals surface area (Å²) < 4.78 is 0. The first-order valence-electron chi connectivity index (χ1n) is 10.1. The average molecular weight is 415 g/mol. The molecular weight excluding hydrogens is 392 g/mol. The molecule has 4 aromatic rings. The van der Waals surface area contributed by atoms with Gasteiger partial charge in [-0.2, -0.15) is 0 Å². The highest BCUT2D eigenvalue weighted by Gasteiger charge is 2.22. The molecular formula is C24H22N4OS. The van der Waals surface area contributed by atoms with Crippen molar-refractivity contribution < 1.29 is 0 Å². The Balaban J connectivity index is 1.31. The van der Waals surface area contributed by atoms with Crippen molar-refractivity contribution in [2.45, 2.75) is 26.4 Å². The molecule has 0 bridgehead atoms. The first-order chi connectivity index (χ1) is 14.7. The maximum Gasteiger partial charge on any atom is 0.255 e. The van der Waals surface area contributed by atoms with Crippen molar-refractivity contribution in [1.82, 2.24) is 19.9 Å². The van der Waals surface area contributed by atoms with Gasteiger partial charge in [0.15, 0.2) is 5.82 Å². The second-order valence-electron chi connectivity index (χ2n) is 7.70. The van der Waals surface area contributed by atoms with E-state index in [0.29, 0.717) is 12.4 Å². The second-order valence-corrected chi connectivity index (χ2v) is 8.64. The molecule has 0 fully saturated rings. The summed E-state index contributed by atoms with van der Waals surface area (Å²) in [6.07, 6.45) is 2.72. The first-order valence-corrected chi connectivity index (χ1v) is 10.9. The lowest BCUT2D eigenvalue weighted by Crippen LogP contribution is -2.35. The van der Waals surface area contributed by atoms with Crippen LogP contribution >= 0.6 is 11.3 Å². The Labute approximate surface area is 179 Å². The Bertz CT molecular complexity index is 1210. The zero-order valence-corrected chi connectivity index (χ0v) is 17.6. The molecule has 0 amide bonds. The topological polar surface area (TPSA) is 61.9 Å². The minimum atomic E-state index is -0.0269. The molecule has 5 nitrogen and oxygen atoms in total. The van der Waals surface area contributed by atoms with Gasteiger partial charge in [0, 0.05) is 37.8 Å². The van der Waals surface area contributed by atoms with E-state index in [2.05, 4.69) is 58.2 Å². The maximum atomic E-state index is 12.7. The van der Waals surface area contributed by atoms with Gasteiger partial charge in [-0.25, -0.2) is 4.98 Å². The number of hydrogen-bond donors (Lipinski definition) is 1. The van der Waals surface area contributed by atoms with Gasteiger partial charge in [0.2, 0.25) is 0 Å². The predicted octanol–water partition coefficient (Wildman–Crippen LogP) is 4.43. The smallest absolute Gasteiger partial charge is 0.255 e. The Hall–Kier alpha value is -3.09. The zero-order valence-electron chi connectivity index (χ0n) is 16.8. The van der Waals surface area contributed by atoms with Crippen LogP contribution in [0.25, 0.3) is 22.0 Å². The van der Waals surface area contributed by atoms with Gasteiger partial charge in [0.25, 0.3) is 5.56 Å². The lowest BCUT2D eigenvalue weighted by Gasteiger charge is -2.27. The van der Waals surface area contributed by atoms with Crippen LogP contribution in [0.3, 0.4) is 0 Å². The van der Waals surface area contributed by atoms with Crippen LogP contribution in [-0.2, 0) is 19.5 Å². The fourth-order valence-electron chi connectivity index (χ4n) is 3.82. The quantitative estimate of drug-likeness (QED) is 0.537. The highest BCUT2D eigenvalue weighted by molar-refractivity contribution is 7.13. The molecule has 1 aliphatic rings. The largest absolute Gasteiger partial charge is 0.306 e. The second kappa shape index (κ2) is 7.97. The number of aryl methyl sites for hydroxylation is 1. The molecule has 0 atom stereocenters. The minimum Gasteiger partial charge on any atom is -0.306 e. The minimum absolute atomic E-state index is 0.0269. The van der Waals surface area contributed by atoms with Gasteiger partial charge in [0.05, 0.1) is 21.8 Å². The number of nitrogens with one attached hydrogen (secondary N) is 1. The number of thiophene rings is 1. The Kier molecular flexibility index (Phi) is 5.02. The van der Waals surface area contributed by atoms with E-state index in [0.717, 1.165) is 52.5 Å². The van der Waals surface area contributed by atoms with Gasteiger partial charge in [-0.1, -0.05) is 42.0 Å². The van der Waals surface area contributed by atoms with E-state index in [4.69, 9.17) is 4.98 Å². The summed E-state index contributed by atoms with van der Waals surface area (Å²) >= 11 is 1.59. The molecule has 5 rings (SSSR count). The monoisotopic (exact) mass is 414 g/mol. The third kappa shape index (κ3) is 3.84. The Morgan fingerprint density at radius 3 is 2.73 bits per heavy atom. The molecule has 0 saturated carbocycles. The summed E-state index contributed by atoms with van der Waals surface area (Å²) in [5.74, 6) is 0.679. The SMILES string of the molecule is Cc1ccc(-c2ccc(CN3CCc4nc(-c5cccs5)[nH]c(=O)c4C3)cn2)cc1. The fraction of sp³-hybridized carbons (Fsp3) is 0.208. The van der Waals surface area contributed by atoms with Gasteiger partial charge >= 0.3 is 0 Å². The number of fused-ring (bicyclic) bond motifs is 1. The van der Waals surface area contributed by atoms with Gasteiger partial charge in [0.1, 0.15) is 0 Å². The molecule has 0 aliphatic carbocycles. The van der Waals surface area contributed by atoms with Crippen molar-refractivity contribution in [3.63, 3.8) is 0 Å². The van der Waals surface area contributed by atoms with E-state index in [1.54, 1.807) is 11.3 Å². The Morgan fingerprint density at radius 1 is 1.13 bits per heavy atom. The number of pyridine rings is 1. The third-order valence-corrected chi connectivity index (χ3v) is 6.36. The van der Waals surface area contributed by atoms with Crippen LogP contribution in [0.1, 0.15) is 22.4 Å². The van der Waals surface area contributed by atoms with Crippen LogP contribution in [0.5, 0.6) is 0 Å². The maximum absolute atomic E-state index is 12.7. The number of aromatic amines is 1. The highest BCUT2D eigenvalue weighted by Crippen LogP contribution is 2.23. The van der Waals surface area contributed by atoms with Crippen molar-refractivity contribution >= 4 is 11.3 Å². The predicted molar refractivity (Wildman–Crippen MR) is 120 cm³/mol. The van der Waals surface area contributed by atoms with E-state index in [1.807, 2.05) is 23.7 Å². The van der Waals surface area contributed by atoms with Gasteiger partial charge in [-0.3, -0.25) is 14.7 Å². The summed E-state index contributed by atoms with van der Waals surface area (Å²) in [5.41, 5.74) is 6.17. The highest BCUT2D eigenvalue weighted by atomic mass is 32.1. The van der Waals surface area contributed by atoms with Crippen LogP contribution < -0.4 is 5.56 Å². The number of hydrogen-bond acceptors (Lipinski definition) is 5. The number of aromatic nitrogens is 3. The number of nitrogens with zero attached hydrogens (tertiary/aromatic N) is 3. The summed E-state index contributed by atoms with van der Waals surface area (Å²) in [4.78, 5) is 28.3. The standard InChI is InChI=1S/C24H22N4OS/c1-16-4-7-18(8-5-16)20-9-6-17(13-25-20)14-28-11-10-21-19(15-28)24(29)27-23(26-21)22-3-2-12-30-22/h2-9,12-13H,10-11,14-15H2,1H3,(H,26,27,29).